The second-order valence-electron chi connectivity index (χ2n) is 6.94. The summed E-state index contributed by atoms with van der Waals surface area (Å²) in [6.45, 7) is 3.43. The van der Waals surface area contributed by atoms with Crippen LogP contribution in [0.2, 0.25) is 5.02 Å². The molecule has 1 aromatic carbocycles. The summed E-state index contributed by atoms with van der Waals surface area (Å²) in [6, 6.07) is 4.48. The fraction of sp³-hybridized carbons (Fsp3) is 0.474. The molecule has 2 aromatic rings. The molecule has 7 heteroatoms. The average Bonchev–Trinajstić information content (AvgIpc) is 3.08. The van der Waals surface area contributed by atoms with E-state index in [1.54, 1.807) is 6.07 Å². The highest BCUT2D eigenvalue weighted by molar-refractivity contribution is 6.31. The molecule has 1 aromatic heterocycles. The number of rotatable bonds is 3. The molecule has 138 valence electrons. The van der Waals surface area contributed by atoms with Crippen LogP contribution >= 0.6 is 11.6 Å². The quantitative estimate of drug-likeness (QED) is 0.823. The summed E-state index contributed by atoms with van der Waals surface area (Å²) in [5.41, 5.74) is 2.40. The van der Waals surface area contributed by atoms with Crippen molar-refractivity contribution in [1.29, 1.82) is 0 Å². The minimum absolute atomic E-state index is 0.0311. The molecule has 0 radical (unpaired) electrons. The molecule has 0 atom stereocenters. The second-order valence-corrected chi connectivity index (χ2v) is 7.35. The SMILES string of the molecule is O=C(c1noc2c1CCCC2)N1CCN(Cc2ccc(F)cc2Cl)CC1. The lowest BCUT2D eigenvalue weighted by Gasteiger charge is -2.34. The number of carbonyl (C=O) groups excluding carboxylic acids is 1. The van der Waals surface area contributed by atoms with Crippen LogP contribution in [-0.4, -0.2) is 47.0 Å². The number of hydrogen-bond donors (Lipinski definition) is 0. The molecule has 1 aliphatic carbocycles. The minimum Gasteiger partial charge on any atom is -0.360 e. The first-order chi connectivity index (χ1) is 12.6. The molecule has 0 bridgehead atoms. The van der Waals surface area contributed by atoms with Crippen molar-refractivity contribution in [3.63, 3.8) is 0 Å². The van der Waals surface area contributed by atoms with Gasteiger partial charge in [-0.1, -0.05) is 22.8 Å². The number of aromatic nitrogens is 1. The summed E-state index contributed by atoms with van der Waals surface area (Å²) in [7, 11) is 0. The van der Waals surface area contributed by atoms with Crippen molar-refractivity contribution in [2.24, 2.45) is 0 Å². The molecule has 26 heavy (non-hydrogen) atoms. The lowest BCUT2D eigenvalue weighted by molar-refractivity contribution is 0.0617. The Labute approximate surface area is 156 Å². The maximum atomic E-state index is 13.2. The first kappa shape index (κ1) is 17.5. The third kappa shape index (κ3) is 3.48. The van der Waals surface area contributed by atoms with E-state index in [1.807, 2.05) is 4.90 Å². The summed E-state index contributed by atoms with van der Waals surface area (Å²) in [5, 5.41) is 4.49. The van der Waals surface area contributed by atoms with E-state index in [-0.39, 0.29) is 11.7 Å². The standard InChI is InChI=1S/C19H21ClFN3O2/c20-16-11-14(21)6-5-13(16)12-23-7-9-24(10-8-23)19(25)18-15-3-1-2-4-17(15)26-22-18/h5-6,11H,1-4,7-10,12H2. The number of piperazine rings is 1. The van der Waals surface area contributed by atoms with Crippen LogP contribution in [0.15, 0.2) is 22.7 Å². The van der Waals surface area contributed by atoms with E-state index in [4.69, 9.17) is 16.1 Å². The van der Waals surface area contributed by atoms with Gasteiger partial charge in [0.05, 0.1) is 0 Å². The van der Waals surface area contributed by atoms with Crippen LogP contribution in [0.3, 0.4) is 0 Å². The van der Waals surface area contributed by atoms with Crippen LogP contribution in [0.25, 0.3) is 0 Å². The largest absolute Gasteiger partial charge is 0.360 e. The maximum Gasteiger partial charge on any atom is 0.276 e. The Balaban J connectivity index is 1.37. The number of aryl methyl sites for hydroxylation is 1. The van der Waals surface area contributed by atoms with Crippen LogP contribution in [0, 0.1) is 5.82 Å². The summed E-state index contributed by atoms with van der Waals surface area (Å²) >= 11 is 6.11. The Morgan fingerprint density at radius 2 is 1.96 bits per heavy atom. The fourth-order valence-electron chi connectivity index (χ4n) is 3.70. The van der Waals surface area contributed by atoms with Gasteiger partial charge in [-0.2, -0.15) is 0 Å². The number of benzene rings is 1. The molecule has 5 nitrogen and oxygen atoms in total. The van der Waals surface area contributed by atoms with Crippen LogP contribution in [0.5, 0.6) is 0 Å². The van der Waals surface area contributed by atoms with Crippen molar-refractivity contribution in [3.8, 4) is 0 Å². The first-order valence-electron chi connectivity index (χ1n) is 9.05. The smallest absolute Gasteiger partial charge is 0.276 e. The van der Waals surface area contributed by atoms with Gasteiger partial charge in [0, 0.05) is 49.7 Å². The second kappa shape index (κ2) is 7.37. The molecular formula is C19H21ClFN3O2. The Hall–Kier alpha value is -1.92. The van der Waals surface area contributed by atoms with Gasteiger partial charge in [-0.25, -0.2) is 4.39 Å². The number of nitrogens with zero attached hydrogens (tertiary/aromatic N) is 3. The highest BCUT2D eigenvalue weighted by atomic mass is 35.5. The molecule has 0 unspecified atom stereocenters. The van der Waals surface area contributed by atoms with Crippen LogP contribution in [0.1, 0.15) is 40.2 Å². The number of carbonyl (C=O) groups is 1. The van der Waals surface area contributed by atoms with Crippen molar-refractivity contribution >= 4 is 17.5 Å². The topological polar surface area (TPSA) is 49.6 Å². The predicted octanol–water partition coefficient (Wildman–Crippen LogP) is 3.30. The van der Waals surface area contributed by atoms with Gasteiger partial charge in [0.2, 0.25) is 0 Å². The summed E-state index contributed by atoms with van der Waals surface area (Å²) < 4.78 is 18.5. The number of amides is 1. The Kier molecular flexibility index (Phi) is 4.96. The van der Waals surface area contributed by atoms with E-state index in [2.05, 4.69) is 10.1 Å². The molecule has 1 amide bonds. The highest BCUT2D eigenvalue weighted by Gasteiger charge is 2.29. The number of fused-ring (bicyclic) bond motifs is 1. The third-order valence-corrected chi connectivity index (χ3v) is 5.57. The number of hydrogen-bond acceptors (Lipinski definition) is 4. The van der Waals surface area contributed by atoms with Gasteiger partial charge in [0.1, 0.15) is 11.6 Å². The van der Waals surface area contributed by atoms with Gasteiger partial charge in [-0.15, -0.1) is 0 Å². The van der Waals surface area contributed by atoms with E-state index in [0.29, 0.717) is 30.4 Å². The molecule has 0 saturated carbocycles. The summed E-state index contributed by atoms with van der Waals surface area (Å²) in [6.07, 6.45) is 3.94. The van der Waals surface area contributed by atoms with Gasteiger partial charge < -0.3 is 9.42 Å². The monoisotopic (exact) mass is 377 g/mol. The third-order valence-electron chi connectivity index (χ3n) is 5.22. The van der Waals surface area contributed by atoms with Crippen molar-refractivity contribution in [1.82, 2.24) is 15.0 Å². The van der Waals surface area contributed by atoms with Gasteiger partial charge in [0.25, 0.3) is 5.91 Å². The Bertz CT molecular complexity index is 815. The van der Waals surface area contributed by atoms with Crippen LogP contribution in [-0.2, 0) is 19.4 Å². The van der Waals surface area contributed by atoms with Crippen molar-refractivity contribution < 1.29 is 13.7 Å². The van der Waals surface area contributed by atoms with E-state index in [1.165, 1.54) is 12.1 Å². The van der Waals surface area contributed by atoms with Gasteiger partial charge in [0.15, 0.2) is 5.69 Å². The highest BCUT2D eigenvalue weighted by Crippen LogP contribution is 2.25. The zero-order chi connectivity index (χ0) is 18.1. The Morgan fingerprint density at radius 3 is 2.73 bits per heavy atom. The van der Waals surface area contributed by atoms with Crippen molar-refractivity contribution in [2.75, 3.05) is 26.2 Å². The Morgan fingerprint density at radius 1 is 1.19 bits per heavy atom. The van der Waals surface area contributed by atoms with E-state index in [0.717, 1.165) is 55.7 Å². The van der Waals surface area contributed by atoms with Gasteiger partial charge in [-0.05, 0) is 37.0 Å². The van der Waals surface area contributed by atoms with E-state index in [9.17, 15) is 9.18 Å². The summed E-state index contributed by atoms with van der Waals surface area (Å²) in [4.78, 5) is 16.9. The average molecular weight is 378 g/mol. The zero-order valence-corrected chi connectivity index (χ0v) is 15.3. The van der Waals surface area contributed by atoms with Crippen molar-refractivity contribution in [2.45, 2.75) is 32.2 Å². The molecule has 0 spiro atoms. The predicted molar refractivity (Wildman–Crippen MR) is 95.7 cm³/mol. The van der Waals surface area contributed by atoms with Gasteiger partial charge >= 0.3 is 0 Å². The normalized spacial score (nSPS) is 18.0. The number of halogens is 2. The van der Waals surface area contributed by atoms with E-state index >= 15 is 0 Å². The summed E-state index contributed by atoms with van der Waals surface area (Å²) in [5.74, 6) is 0.519. The lowest BCUT2D eigenvalue weighted by Crippen LogP contribution is -2.48. The van der Waals surface area contributed by atoms with E-state index < -0.39 is 0 Å². The van der Waals surface area contributed by atoms with Crippen LogP contribution in [0.4, 0.5) is 4.39 Å². The first-order valence-corrected chi connectivity index (χ1v) is 9.42. The lowest BCUT2D eigenvalue weighted by atomic mass is 9.96. The minimum atomic E-state index is -0.329. The van der Waals surface area contributed by atoms with Crippen molar-refractivity contribution in [3.05, 3.63) is 51.6 Å². The van der Waals surface area contributed by atoms with Crippen LogP contribution < -0.4 is 0 Å². The molecular weight excluding hydrogens is 357 g/mol. The van der Waals surface area contributed by atoms with Gasteiger partial charge in [-0.3, -0.25) is 9.69 Å². The fourth-order valence-corrected chi connectivity index (χ4v) is 3.93. The molecule has 1 aliphatic heterocycles. The maximum absolute atomic E-state index is 13.2. The molecule has 0 N–H and O–H groups in total. The molecule has 2 aliphatic rings. The molecule has 1 fully saturated rings. The molecule has 2 heterocycles. The molecule has 4 rings (SSSR count). The molecule has 1 saturated heterocycles. The zero-order valence-electron chi connectivity index (χ0n) is 14.5.